The third-order valence-electron chi connectivity index (χ3n) is 2.14. The Hall–Kier alpha value is -0.290. The Bertz CT molecular complexity index is 486. The minimum Gasteiger partial charge on any atom is -0.591 e. The van der Waals surface area contributed by atoms with E-state index in [4.69, 9.17) is 23.2 Å². The third-order valence-corrected chi connectivity index (χ3v) is 4.35. The quantitative estimate of drug-likeness (QED) is 0.453. The summed E-state index contributed by atoms with van der Waals surface area (Å²) in [6.07, 6.45) is 0. The van der Waals surface area contributed by atoms with Crippen molar-refractivity contribution in [2.45, 2.75) is 32.4 Å². The van der Waals surface area contributed by atoms with Crippen LogP contribution in [0.25, 0.3) is 0 Å². The summed E-state index contributed by atoms with van der Waals surface area (Å²) in [5, 5.41) is 0.381. The Labute approximate surface area is 120 Å². The molecule has 0 saturated carbocycles. The number of nitrogens with zero attached hydrogens (tertiary/aromatic N) is 1. The molecule has 0 aromatic heterocycles. The maximum atomic E-state index is 13.7. The lowest BCUT2D eigenvalue weighted by molar-refractivity contribution is 0.561. The Morgan fingerprint density at radius 1 is 1.28 bits per heavy atom. The highest BCUT2D eigenvalue weighted by Gasteiger charge is 2.27. The number of benzene rings is 1. The van der Waals surface area contributed by atoms with Gasteiger partial charge in [0.05, 0.1) is 15.8 Å². The molecule has 6 heteroatoms. The second kappa shape index (κ2) is 5.78. The highest BCUT2D eigenvalue weighted by Crippen LogP contribution is 2.26. The maximum Gasteiger partial charge on any atom is 0.144 e. The molecular formula is C12H14Cl2FNOS. The standard InChI is InChI=1S/C12H14Cl2FNOS/c1-7(16-18(17)12(2,3)4)8-5-9(13)10(14)6-11(8)15/h5-6H,1-4H3. The molecule has 0 amide bonds. The summed E-state index contributed by atoms with van der Waals surface area (Å²) in [6.45, 7) is 6.98. The summed E-state index contributed by atoms with van der Waals surface area (Å²) >= 11 is 10.1. The van der Waals surface area contributed by atoms with Gasteiger partial charge in [0.2, 0.25) is 0 Å². The van der Waals surface area contributed by atoms with Gasteiger partial charge in [-0.1, -0.05) is 27.6 Å². The van der Waals surface area contributed by atoms with E-state index in [-0.39, 0.29) is 15.6 Å². The van der Waals surface area contributed by atoms with Crippen molar-refractivity contribution in [3.05, 3.63) is 33.6 Å². The van der Waals surface area contributed by atoms with Gasteiger partial charge in [0.25, 0.3) is 0 Å². The molecule has 0 spiro atoms. The van der Waals surface area contributed by atoms with Gasteiger partial charge in [-0.05, 0) is 39.8 Å². The number of hydrogen-bond donors (Lipinski definition) is 0. The fourth-order valence-electron chi connectivity index (χ4n) is 1.11. The van der Waals surface area contributed by atoms with Crippen LogP contribution < -0.4 is 0 Å². The summed E-state index contributed by atoms with van der Waals surface area (Å²) in [5.41, 5.74) is 0.543. The highest BCUT2D eigenvalue weighted by atomic mass is 35.5. The van der Waals surface area contributed by atoms with Gasteiger partial charge in [-0.2, -0.15) is 0 Å². The molecule has 1 unspecified atom stereocenters. The summed E-state index contributed by atoms with van der Waals surface area (Å²) in [6, 6.07) is 2.51. The van der Waals surface area contributed by atoms with Crippen LogP contribution in [-0.2, 0) is 11.4 Å². The first kappa shape index (κ1) is 15.8. The number of rotatable bonds is 2. The normalized spacial score (nSPS) is 14.8. The molecule has 100 valence electrons. The fraction of sp³-hybridized carbons (Fsp3) is 0.417. The SMILES string of the molecule is CC(=N[S+]([O-])C(C)(C)C)c1cc(Cl)c(Cl)cc1F. The van der Waals surface area contributed by atoms with Crippen LogP contribution in [0.3, 0.4) is 0 Å². The number of hydrogen-bond acceptors (Lipinski definition) is 2. The zero-order chi connectivity index (χ0) is 14.1. The first-order valence-corrected chi connectivity index (χ1v) is 7.11. The Balaban J connectivity index is 3.15. The van der Waals surface area contributed by atoms with Gasteiger partial charge in [-0.3, -0.25) is 0 Å². The first-order valence-electron chi connectivity index (χ1n) is 5.25. The average molecular weight is 310 g/mol. The molecule has 1 aromatic rings. The van der Waals surface area contributed by atoms with Gasteiger partial charge in [-0.25, -0.2) is 4.39 Å². The molecule has 0 bridgehead atoms. The van der Waals surface area contributed by atoms with Gasteiger partial charge in [0.15, 0.2) is 0 Å². The van der Waals surface area contributed by atoms with Gasteiger partial charge in [0, 0.05) is 5.56 Å². The Morgan fingerprint density at radius 2 is 1.78 bits per heavy atom. The van der Waals surface area contributed by atoms with E-state index >= 15 is 0 Å². The molecule has 1 rings (SSSR count). The van der Waals surface area contributed by atoms with Crippen LogP contribution in [0, 0.1) is 5.82 Å². The van der Waals surface area contributed by atoms with Crippen molar-refractivity contribution in [2.75, 3.05) is 0 Å². The van der Waals surface area contributed by atoms with Gasteiger partial charge in [-0.15, -0.1) is 0 Å². The molecular weight excluding hydrogens is 296 g/mol. The van der Waals surface area contributed by atoms with E-state index in [1.807, 2.05) is 0 Å². The average Bonchev–Trinajstić information content (AvgIpc) is 2.21. The Kier molecular flexibility index (Phi) is 5.06. The predicted molar refractivity (Wildman–Crippen MR) is 76.5 cm³/mol. The molecule has 2 nitrogen and oxygen atoms in total. The largest absolute Gasteiger partial charge is 0.591 e. The minimum atomic E-state index is -1.44. The van der Waals surface area contributed by atoms with E-state index in [1.54, 1.807) is 27.7 Å². The molecule has 0 saturated heterocycles. The molecule has 0 fully saturated rings. The van der Waals surface area contributed by atoms with E-state index < -0.39 is 21.9 Å². The smallest absolute Gasteiger partial charge is 0.144 e. The van der Waals surface area contributed by atoms with Crippen molar-refractivity contribution in [1.82, 2.24) is 0 Å². The molecule has 0 N–H and O–H groups in total. The zero-order valence-corrected chi connectivity index (χ0v) is 12.9. The Morgan fingerprint density at radius 3 is 2.28 bits per heavy atom. The van der Waals surface area contributed by atoms with Crippen LogP contribution >= 0.6 is 23.2 Å². The van der Waals surface area contributed by atoms with E-state index in [0.29, 0.717) is 5.71 Å². The monoisotopic (exact) mass is 309 g/mol. The van der Waals surface area contributed by atoms with E-state index in [1.165, 1.54) is 6.07 Å². The lowest BCUT2D eigenvalue weighted by Gasteiger charge is -2.18. The van der Waals surface area contributed by atoms with Gasteiger partial charge >= 0.3 is 0 Å². The summed E-state index contributed by atoms with van der Waals surface area (Å²) in [4.78, 5) is 0. The van der Waals surface area contributed by atoms with Gasteiger partial charge < -0.3 is 4.55 Å². The second-order valence-corrected chi connectivity index (χ2v) is 7.50. The van der Waals surface area contributed by atoms with E-state index in [2.05, 4.69) is 4.40 Å². The highest BCUT2D eigenvalue weighted by molar-refractivity contribution is 7.91. The molecule has 1 aromatic carbocycles. The van der Waals surface area contributed by atoms with E-state index in [9.17, 15) is 8.94 Å². The van der Waals surface area contributed by atoms with Crippen molar-refractivity contribution >= 4 is 40.3 Å². The molecule has 0 aliphatic rings. The zero-order valence-electron chi connectivity index (χ0n) is 10.6. The fourth-order valence-corrected chi connectivity index (χ4v) is 2.05. The summed E-state index contributed by atoms with van der Waals surface area (Å²) < 4.78 is 29.1. The van der Waals surface area contributed by atoms with Gasteiger partial charge in [0.1, 0.15) is 21.9 Å². The van der Waals surface area contributed by atoms with Crippen LogP contribution in [-0.4, -0.2) is 15.0 Å². The van der Waals surface area contributed by atoms with Crippen molar-refractivity contribution < 1.29 is 8.94 Å². The minimum absolute atomic E-state index is 0.141. The van der Waals surface area contributed by atoms with Crippen molar-refractivity contribution in [2.24, 2.45) is 4.40 Å². The van der Waals surface area contributed by atoms with E-state index in [0.717, 1.165) is 6.07 Å². The molecule has 1 atom stereocenters. The molecule has 0 radical (unpaired) electrons. The second-order valence-electron chi connectivity index (χ2n) is 4.78. The molecule has 18 heavy (non-hydrogen) atoms. The molecule has 0 heterocycles. The van der Waals surface area contributed by atoms with Crippen molar-refractivity contribution in [3.8, 4) is 0 Å². The predicted octanol–water partition coefficient (Wildman–Crippen LogP) is 4.40. The lowest BCUT2D eigenvalue weighted by Crippen LogP contribution is -2.26. The first-order chi connectivity index (χ1) is 8.12. The van der Waals surface area contributed by atoms with Crippen molar-refractivity contribution in [3.63, 3.8) is 0 Å². The summed E-state index contributed by atoms with van der Waals surface area (Å²) in [7, 11) is 0. The lowest BCUT2D eigenvalue weighted by atomic mass is 10.1. The topological polar surface area (TPSA) is 35.4 Å². The summed E-state index contributed by atoms with van der Waals surface area (Å²) in [5.74, 6) is -0.531. The van der Waals surface area contributed by atoms with Crippen LogP contribution in [0.4, 0.5) is 4.39 Å². The third kappa shape index (κ3) is 3.85. The van der Waals surface area contributed by atoms with Crippen molar-refractivity contribution in [1.29, 1.82) is 0 Å². The number of halogens is 3. The maximum absolute atomic E-state index is 13.7. The van der Waals surface area contributed by atoms with Crippen LogP contribution in [0.15, 0.2) is 16.5 Å². The molecule has 0 aliphatic heterocycles. The van der Waals surface area contributed by atoms with Crippen LogP contribution in [0.5, 0.6) is 0 Å². The van der Waals surface area contributed by atoms with Crippen LogP contribution in [0.1, 0.15) is 33.3 Å². The molecule has 0 aliphatic carbocycles. The van der Waals surface area contributed by atoms with Crippen LogP contribution in [0.2, 0.25) is 10.0 Å².